The molecular formula is C23H25N3O4. The van der Waals surface area contributed by atoms with E-state index < -0.39 is 6.04 Å². The van der Waals surface area contributed by atoms with E-state index in [-0.39, 0.29) is 24.3 Å². The van der Waals surface area contributed by atoms with Gasteiger partial charge in [0.2, 0.25) is 5.91 Å². The zero-order valence-corrected chi connectivity index (χ0v) is 17.0. The van der Waals surface area contributed by atoms with Crippen molar-refractivity contribution in [3.63, 3.8) is 0 Å². The normalized spacial score (nSPS) is 18.1. The lowest BCUT2D eigenvalue weighted by Crippen LogP contribution is -2.44. The SMILES string of the molecule is COCCNC(=O)c1ccccc1CN1C(=O)[C@@H]2CCCN2C(=O)c2ccccc21. The Morgan fingerprint density at radius 2 is 1.90 bits per heavy atom. The third-order valence-electron chi connectivity index (χ3n) is 5.67. The van der Waals surface area contributed by atoms with Crippen LogP contribution in [0.5, 0.6) is 0 Å². The van der Waals surface area contributed by atoms with Crippen molar-refractivity contribution < 1.29 is 19.1 Å². The summed E-state index contributed by atoms with van der Waals surface area (Å²) in [7, 11) is 1.58. The summed E-state index contributed by atoms with van der Waals surface area (Å²) in [6.45, 7) is 1.64. The molecular weight excluding hydrogens is 382 g/mol. The lowest BCUT2D eigenvalue weighted by atomic mass is 10.0. The highest BCUT2D eigenvalue weighted by molar-refractivity contribution is 6.11. The maximum absolute atomic E-state index is 13.4. The summed E-state index contributed by atoms with van der Waals surface area (Å²) < 4.78 is 4.99. The Morgan fingerprint density at radius 3 is 2.73 bits per heavy atom. The fourth-order valence-electron chi connectivity index (χ4n) is 4.18. The van der Waals surface area contributed by atoms with Crippen molar-refractivity contribution in [3.8, 4) is 0 Å². The minimum absolute atomic E-state index is 0.0969. The molecule has 1 fully saturated rings. The van der Waals surface area contributed by atoms with Crippen molar-refractivity contribution in [1.82, 2.24) is 10.2 Å². The van der Waals surface area contributed by atoms with Gasteiger partial charge in [-0.3, -0.25) is 14.4 Å². The predicted octanol–water partition coefficient (Wildman–Crippen LogP) is 2.21. The number of anilines is 1. The van der Waals surface area contributed by atoms with Crippen LogP contribution in [0.1, 0.15) is 39.1 Å². The number of nitrogens with zero attached hydrogens (tertiary/aromatic N) is 2. The van der Waals surface area contributed by atoms with Gasteiger partial charge in [0.25, 0.3) is 11.8 Å². The van der Waals surface area contributed by atoms with Gasteiger partial charge in [-0.05, 0) is 36.6 Å². The predicted molar refractivity (Wildman–Crippen MR) is 112 cm³/mol. The Morgan fingerprint density at radius 1 is 1.13 bits per heavy atom. The largest absolute Gasteiger partial charge is 0.383 e. The Balaban J connectivity index is 1.69. The maximum Gasteiger partial charge on any atom is 0.256 e. The number of hydrogen-bond acceptors (Lipinski definition) is 4. The zero-order chi connectivity index (χ0) is 21.1. The number of para-hydroxylation sites is 1. The van der Waals surface area contributed by atoms with E-state index in [9.17, 15) is 14.4 Å². The van der Waals surface area contributed by atoms with E-state index in [1.165, 1.54) is 0 Å². The first kappa shape index (κ1) is 20.1. The van der Waals surface area contributed by atoms with Crippen molar-refractivity contribution in [3.05, 3.63) is 65.2 Å². The van der Waals surface area contributed by atoms with Crippen LogP contribution >= 0.6 is 0 Å². The van der Waals surface area contributed by atoms with Crippen molar-refractivity contribution in [2.45, 2.75) is 25.4 Å². The second-order valence-corrected chi connectivity index (χ2v) is 7.50. The van der Waals surface area contributed by atoms with Gasteiger partial charge >= 0.3 is 0 Å². The number of methoxy groups -OCH3 is 1. The number of hydrogen-bond donors (Lipinski definition) is 1. The molecule has 0 radical (unpaired) electrons. The second-order valence-electron chi connectivity index (χ2n) is 7.50. The number of carbonyl (C=O) groups excluding carboxylic acids is 3. The minimum atomic E-state index is -0.451. The molecule has 0 aromatic heterocycles. The average Bonchev–Trinajstić information content (AvgIpc) is 3.24. The molecule has 0 aliphatic carbocycles. The molecule has 2 aromatic carbocycles. The molecule has 1 atom stereocenters. The van der Waals surface area contributed by atoms with E-state index in [0.717, 1.165) is 12.0 Å². The van der Waals surface area contributed by atoms with Gasteiger partial charge in [0, 0.05) is 25.8 Å². The highest BCUT2D eigenvalue weighted by atomic mass is 16.5. The fourth-order valence-corrected chi connectivity index (χ4v) is 4.18. The number of fused-ring (bicyclic) bond motifs is 2. The van der Waals surface area contributed by atoms with Crippen LogP contribution in [-0.4, -0.2) is 55.5 Å². The first-order valence-corrected chi connectivity index (χ1v) is 10.2. The smallest absolute Gasteiger partial charge is 0.256 e. The molecule has 0 spiro atoms. The molecule has 30 heavy (non-hydrogen) atoms. The van der Waals surface area contributed by atoms with E-state index >= 15 is 0 Å². The van der Waals surface area contributed by atoms with Crippen molar-refractivity contribution in [2.75, 3.05) is 31.7 Å². The Kier molecular flexibility index (Phi) is 5.81. The number of amides is 3. The summed E-state index contributed by atoms with van der Waals surface area (Å²) in [6, 6.07) is 14.0. The van der Waals surface area contributed by atoms with Gasteiger partial charge in [0.05, 0.1) is 24.4 Å². The van der Waals surface area contributed by atoms with E-state index in [1.807, 2.05) is 24.3 Å². The molecule has 7 heteroatoms. The van der Waals surface area contributed by atoms with Gasteiger partial charge in [0.15, 0.2) is 0 Å². The van der Waals surface area contributed by atoms with Crippen LogP contribution < -0.4 is 10.2 Å². The van der Waals surface area contributed by atoms with Crippen LogP contribution in [-0.2, 0) is 16.1 Å². The molecule has 156 valence electrons. The third kappa shape index (κ3) is 3.68. The maximum atomic E-state index is 13.4. The molecule has 4 rings (SSSR count). The molecule has 2 heterocycles. The van der Waals surface area contributed by atoms with Crippen LogP contribution in [0.15, 0.2) is 48.5 Å². The molecule has 2 aliphatic heterocycles. The summed E-state index contributed by atoms with van der Waals surface area (Å²) in [4.78, 5) is 42.5. The molecule has 3 amide bonds. The average molecular weight is 407 g/mol. The Hall–Kier alpha value is -3.19. The first-order valence-electron chi connectivity index (χ1n) is 10.2. The van der Waals surface area contributed by atoms with E-state index in [4.69, 9.17) is 4.74 Å². The standard InChI is InChI=1S/C23H25N3O4/c1-30-14-12-24-21(27)17-8-3-2-7-16(17)15-26-19-10-5-4-9-18(19)22(28)25-13-6-11-20(25)23(26)29/h2-5,7-10,20H,6,11-15H2,1H3,(H,24,27)/t20-/m0/s1. The summed E-state index contributed by atoms with van der Waals surface area (Å²) in [6.07, 6.45) is 1.48. The lowest BCUT2D eigenvalue weighted by molar-refractivity contribution is -0.122. The monoisotopic (exact) mass is 407 g/mol. The first-order chi connectivity index (χ1) is 14.6. The molecule has 1 saturated heterocycles. The van der Waals surface area contributed by atoms with Gasteiger partial charge in [0.1, 0.15) is 6.04 Å². The van der Waals surface area contributed by atoms with Crippen LogP contribution in [0.25, 0.3) is 0 Å². The summed E-state index contributed by atoms with van der Waals surface area (Å²) in [5, 5.41) is 2.83. The second kappa shape index (κ2) is 8.67. The topological polar surface area (TPSA) is 79.0 Å². The van der Waals surface area contributed by atoms with Gasteiger partial charge in [-0.1, -0.05) is 30.3 Å². The van der Waals surface area contributed by atoms with Gasteiger partial charge in [-0.25, -0.2) is 0 Å². The van der Waals surface area contributed by atoms with E-state index in [2.05, 4.69) is 5.32 Å². The van der Waals surface area contributed by atoms with Crippen LogP contribution in [0, 0.1) is 0 Å². The number of benzene rings is 2. The quantitative estimate of drug-likeness (QED) is 0.745. The third-order valence-corrected chi connectivity index (χ3v) is 5.67. The number of rotatable bonds is 6. The lowest BCUT2D eigenvalue weighted by Gasteiger charge is -2.26. The molecule has 1 N–H and O–H groups in total. The highest BCUT2D eigenvalue weighted by Crippen LogP contribution is 2.33. The van der Waals surface area contributed by atoms with Crippen molar-refractivity contribution >= 4 is 23.4 Å². The fraction of sp³-hybridized carbons (Fsp3) is 0.348. The number of ether oxygens (including phenoxy) is 1. The van der Waals surface area contributed by atoms with Gasteiger partial charge in [-0.15, -0.1) is 0 Å². The van der Waals surface area contributed by atoms with Crippen LogP contribution in [0.3, 0.4) is 0 Å². The molecule has 0 unspecified atom stereocenters. The summed E-state index contributed by atoms with van der Waals surface area (Å²) in [5.74, 6) is -0.410. The van der Waals surface area contributed by atoms with Gasteiger partial charge < -0.3 is 19.9 Å². The van der Waals surface area contributed by atoms with Crippen LogP contribution in [0.2, 0.25) is 0 Å². The zero-order valence-electron chi connectivity index (χ0n) is 17.0. The van der Waals surface area contributed by atoms with E-state index in [0.29, 0.717) is 42.9 Å². The van der Waals surface area contributed by atoms with Crippen molar-refractivity contribution in [1.29, 1.82) is 0 Å². The van der Waals surface area contributed by atoms with E-state index in [1.54, 1.807) is 41.2 Å². The van der Waals surface area contributed by atoms with Gasteiger partial charge in [-0.2, -0.15) is 0 Å². The summed E-state index contributed by atoms with van der Waals surface area (Å²) in [5.41, 5.74) is 2.36. The summed E-state index contributed by atoms with van der Waals surface area (Å²) >= 11 is 0. The van der Waals surface area contributed by atoms with Crippen molar-refractivity contribution in [2.24, 2.45) is 0 Å². The molecule has 0 bridgehead atoms. The molecule has 7 nitrogen and oxygen atoms in total. The Bertz CT molecular complexity index is 974. The number of carbonyl (C=O) groups is 3. The number of nitrogens with one attached hydrogen (secondary N) is 1. The minimum Gasteiger partial charge on any atom is -0.383 e. The molecule has 2 aromatic rings. The van der Waals surface area contributed by atoms with Crippen LogP contribution in [0.4, 0.5) is 5.69 Å². The molecule has 2 aliphatic rings. The Labute approximate surface area is 175 Å². The molecule has 0 saturated carbocycles. The highest BCUT2D eigenvalue weighted by Gasteiger charge is 2.42.